The van der Waals surface area contributed by atoms with E-state index in [0.29, 0.717) is 5.92 Å². The lowest BCUT2D eigenvalue weighted by molar-refractivity contribution is 0.0617. The Hall–Kier alpha value is -1.26. The van der Waals surface area contributed by atoms with Crippen molar-refractivity contribution in [3.63, 3.8) is 0 Å². The van der Waals surface area contributed by atoms with Crippen LogP contribution in [0.2, 0.25) is 0 Å². The second-order valence-electron chi connectivity index (χ2n) is 4.67. The van der Waals surface area contributed by atoms with Crippen LogP contribution in [0, 0.1) is 5.92 Å². The summed E-state index contributed by atoms with van der Waals surface area (Å²) in [5, 5.41) is 0. The zero-order valence-corrected chi connectivity index (χ0v) is 11.2. The summed E-state index contributed by atoms with van der Waals surface area (Å²) >= 11 is 0. The van der Waals surface area contributed by atoms with E-state index >= 15 is 0 Å². The Kier molecular flexibility index (Phi) is 4.09. The third kappa shape index (κ3) is 2.60. The third-order valence-electron chi connectivity index (χ3n) is 3.51. The molecule has 0 radical (unpaired) electrons. The summed E-state index contributed by atoms with van der Waals surface area (Å²) in [5.74, 6) is 2.10. The fraction of sp³-hybridized carbons (Fsp3) is 0.571. The summed E-state index contributed by atoms with van der Waals surface area (Å²) in [6.07, 6.45) is 2.46. The van der Waals surface area contributed by atoms with Gasteiger partial charge in [-0.1, -0.05) is 0 Å². The van der Waals surface area contributed by atoms with Crippen molar-refractivity contribution >= 4 is 0 Å². The maximum atomic E-state index is 6.31. The molecule has 2 N–H and O–H groups in total. The second-order valence-corrected chi connectivity index (χ2v) is 4.67. The maximum absolute atomic E-state index is 6.31. The molecule has 0 saturated heterocycles. The van der Waals surface area contributed by atoms with Crippen LogP contribution in [0.4, 0.5) is 0 Å². The molecule has 0 spiro atoms. The van der Waals surface area contributed by atoms with Crippen molar-refractivity contribution in [2.45, 2.75) is 25.0 Å². The molecule has 4 heteroatoms. The van der Waals surface area contributed by atoms with Crippen LogP contribution in [0.15, 0.2) is 18.2 Å². The topological polar surface area (TPSA) is 53.7 Å². The average Bonchev–Trinajstić information content (AvgIpc) is 3.23. The Morgan fingerprint density at radius 3 is 2.39 bits per heavy atom. The molecule has 0 aromatic heterocycles. The molecule has 1 aromatic carbocycles. The molecule has 0 aliphatic heterocycles. The van der Waals surface area contributed by atoms with Gasteiger partial charge < -0.3 is 19.9 Å². The maximum Gasteiger partial charge on any atom is 0.127 e. The molecule has 18 heavy (non-hydrogen) atoms. The summed E-state index contributed by atoms with van der Waals surface area (Å²) in [5.41, 5.74) is 7.28. The molecule has 1 saturated carbocycles. The average molecular weight is 251 g/mol. The van der Waals surface area contributed by atoms with Crippen molar-refractivity contribution in [2.24, 2.45) is 11.7 Å². The minimum absolute atomic E-state index is 0.0623. The van der Waals surface area contributed by atoms with Gasteiger partial charge in [0.05, 0.1) is 26.4 Å². The predicted octanol–water partition coefficient (Wildman–Crippen LogP) is 2.13. The summed E-state index contributed by atoms with van der Waals surface area (Å²) in [6, 6.07) is 5.55. The van der Waals surface area contributed by atoms with Gasteiger partial charge in [0.1, 0.15) is 11.5 Å². The fourth-order valence-corrected chi connectivity index (χ4v) is 2.33. The summed E-state index contributed by atoms with van der Waals surface area (Å²) in [4.78, 5) is 0. The monoisotopic (exact) mass is 251 g/mol. The fourth-order valence-electron chi connectivity index (χ4n) is 2.33. The highest BCUT2D eigenvalue weighted by molar-refractivity contribution is 5.43. The first-order valence-corrected chi connectivity index (χ1v) is 6.21. The first-order chi connectivity index (χ1) is 8.71. The normalized spacial score (nSPS) is 18.2. The Morgan fingerprint density at radius 1 is 1.17 bits per heavy atom. The van der Waals surface area contributed by atoms with E-state index in [-0.39, 0.29) is 12.1 Å². The summed E-state index contributed by atoms with van der Waals surface area (Å²) in [7, 11) is 5.00. The SMILES string of the molecule is COc1ccc(C(N)C(OC)C2CC2)c(OC)c1. The standard InChI is InChI=1S/C14H21NO3/c1-16-10-6-7-11(12(8-10)17-2)13(15)14(18-3)9-4-5-9/h6-9,13-14H,4-5,15H2,1-3H3. The van der Waals surface area contributed by atoms with Gasteiger partial charge in [-0.25, -0.2) is 0 Å². The highest BCUT2D eigenvalue weighted by Gasteiger charge is 2.36. The van der Waals surface area contributed by atoms with E-state index in [9.17, 15) is 0 Å². The van der Waals surface area contributed by atoms with E-state index in [2.05, 4.69) is 0 Å². The van der Waals surface area contributed by atoms with Gasteiger partial charge in [-0.2, -0.15) is 0 Å². The van der Waals surface area contributed by atoms with Gasteiger partial charge in [0.15, 0.2) is 0 Å². The van der Waals surface area contributed by atoms with Gasteiger partial charge in [0.25, 0.3) is 0 Å². The van der Waals surface area contributed by atoms with E-state index in [0.717, 1.165) is 17.1 Å². The van der Waals surface area contributed by atoms with Crippen LogP contribution in [0.1, 0.15) is 24.4 Å². The first-order valence-electron chi connectivity index (χ1n) is 6.21. The van der Waals surface area contributed by atoms with Crippen molar-refractivity contribution in [3.05, 3.63) is 23.8 Å². The lowest BCUT2D eigenvalue weighted by atomic mass is 9.98. The number of hydrogen-bond donors (Lipinski definition) is 1. The smallest absolute Gasteiger partial charge is 0.127 e. The predicted molar refractivity (Wildman–Crippen MR) is 70.0 cm³/mol. The van der Waals surface area contributed by atoms with Gasteiger partial charge in [0.2, 0.25) is 0 Å². The minimum Gasteiger partial charge on any atom is -0.497 e. The molecule has 2 rings (SSSR count). The number of hydrogen-bond acceptors (Lipinski definition) is 4. The van der Waals surface area contributed by atoms with Crippen molar-refractivity contribution in [1.82, 2.24) is 0 Å². The summed E-state index contributed by atoms with van der Waals surface area (Å²) < 4.78 is 16.1. The lowest BCUT2D eigenvalue weighted by Gasteiger charge is -2.24. The first kappa shape index (κ1) is 13.2. The largest absolute Gasteiger partial charge is 0.497 e. The van der Waals surface area contributed by atoms with Gasteiger partial charge in [-0.3, -0.25) is 0 Å². The molecule has 0 bridgehead atoms. The third-order valence-corrected chi connectivity index (χ3v) is 3.51. The van der Waals surface area contributed by atoms with Gasteiger partial charge in [0, 0.05) is 18.7 Å². The molecule has 0 amide bonds. The number of benzene rings is 1. The number of nitrogens with two attached hydrogens (primary N) is 1. The quantitative estimate of drug-likeness (QED) is 0.841. The Balaban J connectivity index is 2.25. The molecular formula is C14H21NO3. The minimum atomic E-state index is -0.164. The van der Waals surface area contributed by atoms with E-state index in [4.69, 9.17) is 19.9 Å². The molecule has 1 aromatic rings. The molecule has 100 valence electrons. The van der Waals surface area contributed by atoms with Crippen LogP contribution < -0.4 is 15.2 Å². The lowest BCUT2D eigenvalue weighted by Crippen LogP contribution is -2.30. The van der Waals surface area contributed by atoms with E-state index in [1.54, 1.807) is 21.3 Å². The van der Waals surface area contributed by atoms with Crippen LogP contribution in [-0.4, -0.2) is 27.4 Å². The molecule has 2 atom stereocenters. The molecule has 0 heterocycles. The van der Waals surface area contributed by atoms with E-state index < -0.39 is 0 Å². The van der Waals surface area contributed by atoms with Gasteiger partial charge in [-0.15, -0.1) is 0 Å². The van der Waals surface area contributed by atoms with Gasteiger partial charge >= 0.3 is 0 Å². The molecule has 2 unspecified atom stereocenters. The highest BCUT2D eigenvalue weighted by Crippen LogP contribution is 2.41. The number of ether oxygens (including phenoxy) is 3. The summed E-state index contributed by atoms with van der Waals surface area (Å²) in [6.45, 7) is 0. The van der Waals surface area contributed by atoms with Crippen LogP contribution in [0.5, 0.6) is 11.5 Å². The highest BCUT2D eigenvalue weighted by atomic mass is 16.5. The molecule has 1 aliphatic rings. The van der Waals surface area contributed by atoms with Crippen molar-refractivity contribution in [3.8, 4) is 11.5 Å². The van der Waals surface area contributed by atoms with Crippen molar-refractivity contribution < 1.29 is 14.2 Å². The van der Waals surface area contributed by atoms with Crippen LogP contribution in [0.3, 0.4) is 0 Å². The van der Waals surface area contributed by atoms with Gasteiger partial charge in [-0.05, 0) is 30.9 Å². The van der Waals surface area contributed by atoms with Crippen LogP contribution in [0.25, 0.3) is 0 Å². The van der Waals surface area contributed by atoms with E-state index in [1.807, 2.05) is 18.2 Å². The molecular weight excluding hydrogens is 230 g/mol. The molecule has 1 fully saturated rings. The van der Waals surface area contributed by atoms with Crippen LogP contribution in [-0.2, 0) is 4.74 Å². The molecule has 1 aliphatic carbocycles. The Morgan fingerprint density at radius 2 is 1.89 bits per heavy atom. The van der Waals surface area contributed by atoms with E-state index in [1.165, 1.54) is 12.8 Å². The van der Waals surface area contributed by atoms with Crippen LogP contribution >= 0.6 is 0 Å². The zero-order chi connectivity index (χ0) is 13.1. The number of methoxy groups -OCH3 is 3. The Labute approximate surface area is 108 Å². The Bertz CT molecular complexity index is 404. The number of rotatable bonds is 6. The van der Waals surface area contributed by atoms with Crippen molar-refractivity contribution in [2.75, 3.05) is 21.3 Å². The van der Waals surface area contributed by atoms with Crippen molar-refractivity contribution in [1.29, 1.82) is 0 Å². The second kappa shape index (κ2) is 5.59. The molecule has 4 nitrogen and oxygen atoms in total. The zero-order valence-electron chi connectivity index (χ0n) is 11.2.